The van der Waals surface area contributed by atoms with Gasteiger partial charge >= 0.3 is 0 Å². The molecule has 8 heteroatoms. The molecule has 1 aliphatic rings. The van der Waals surface area contributed by atoms with Crippen molar-refractivity contribution in [3.8, 4) is 0 Å². The SMILES string of the molecule is Cc1nnc2n(c1=O)NC(c1ccc(Cl)cc1)NN2C. The van der Waals surface area contributed by atoms with Crippen LogP contribution in [0.15, 0.2) is 29.1 Å². The highest BCUT2D eigenvalue weighted by Gasteiger charge is 2.25. The molecule has 1 unspecified atom stereocenters. The minimum Gasteiger partial charge on any atom is -0.297 e. The zero-order chi connectivity index (χ0) is 14.3. The summed E-state index contributed by atoms with van der Waals surface area (Å²) in [6, 6.07) is 7.37. The van der Waals surface area contributed by atoms with Crippen LogP contribution in [0.1, 0.15) is 17.4 Å². The third kappa shape index (κ3) is 2.10. The normalized spacial score (nSPS) is 17.6. The van der Waals surface area contributed by atoms with Crippen LogP contribution >= 0.6 is 11.6 Å². The van der Waals surface area contributed by atoms with Crippen LogP contribution in [-0.4, -0.2) is 21.9 Å². The molecule has 104 valence electrons. The lowest BCUT2D eigenvalue weighted by Crippen LogP contribution is -2.54. The lowest BCUT2D eigenvalue weighted by atomic mass is 10.2. The van der Waals surface area contributed by atoms with E-state index in [9.17, 15) is 4.79 Å². The molecule has 2 aromatic rings. The number of hydrogen-bond donors (Lipinski definition) is 2. The third-order valence-corrected chi connectivity index (χ3v) is 3.34. The molecule has 0 radical (unpaired) electrons. The topological polar surface area (TPSA) is 75.1 Å². The van der Waals surface area contributed by atoms with Gasteiger partial charge in [0.2, 0.25) is 0 Å². The van der Waals surface area contributed by atoms with Crippen molar-refractivity contribution in [2.75, 3.05) is 17.5 Å². The Morgan fingerprint density at radius 3 is 2.60 bits per heavy atom. The first kappa shape index (κ1) is 12.9. The van der Waals surface area contributed by atoms with Gasteiger partial charge in [-0.3, -0.25) is 15.2 Å². The first-order valence-electron chi connectivity index (χ1n) is 6.04. The first-order chi connectivity index (χ1) is 9.56. The molecule has 1 aromatic heterocycles. The van der Waals surface area contributed by atoms with Gasteiger partial charge in [0.25, 0.3) is 11.5 Å². The zero-order valence-electron chi connectivity index (χ0n) is 11.0. The maximum atomic E-state index is 12.1. The number of fused-ring (bicyclic) bond motifs is 1. The highest BCUT2D eigenvalue weighted by atomic mass is 35.5. The molecule has 2 N–H and O–H groups in total. The van der Waals surface area contributed by atoms with Gasteiger partial charge in [-0.25, -0.2) is 5.43 Å². The average Bonchev–Trinajstić information content (AvgIpc) is 2.44. The average molecular weight is 293 g/mol. The minimum atomic E-state index is -0.258. The van der Waals surface area contributed by atoms with Crippen LogP contribution < -0.4 is 21.4 Å². The molecule has 0 saturated heterocycles. The number of hydrazine groups is 1. The van der Waals surface area contributed by atoms with E-state index in [2.05, 4.69) is 21.0 Å². The number of hydrogen-bond acceptors (Lipinski definition) is 6. The van der Waals surface area contributed by atoms with Crippen LogP contribution in [0.25, 0.3) is 0 Å². The summed E-state index contributed by atoms with van der Waals surface area (Å²) in [6.07, 6.45) is -0.258. The minimum absolute atomic E-state index is 0.220. The van der Waals surface area contributed by atoms with Gasteiger partial charge in [0, 0.05) is 12.1 Å². The number of rotatable bonds is 1. The second kappa shape index (κ2) is 4.77. The molecule has 0 saturated carbocycles. The number of benzene rings is 1. The summed E-state index contributed by atoms with van der Waals surface area (Å²) in [7, 11) is 1.78. The summed E-state index contributed by atoms with van der Waals surface area (Å²) in [5.41, 5.74) is 7.32. The van der Waals surface area contributed by atoms with Crippen molar-refractivity contribution in [1.82, 2.24) is 20.3 Å². The van der Waals surface area contributed by atoms with E-state index in [0.29, 0.717) is 16.7 Å². The molecule has 0 bridgehead atoms. The van der Waals surface area contributed by atoms with Gasteiger partial charge in [0.05, 0.1) is 0 Å². The van der Waals surface area contributed by atoms with Crippen molar-refractivity contribution in [2.45, 2.75) is 13.1 Å². The third-order valence-electron chi connectivity index (χ3n) is 3.09. The molecule has 3 rings (SSSR count). The predicted molar refractivity (Wildman–Crippen MR) is 76.1 cm³/mol. The Hall–Kier alpha value is -2.12. The quantitative estimate of drug-likeness (QED) is 0.810. The van der Waals surface area contributed by atoms with E-state index in [1.165, 1.54) is 4.68 Å². The van der Waals surface area contributed by atoms with Gasteiger partial charge in [-0.1, -0.05) is 23.7 Å². The zero-order valence-corrected chi connectivity index (χ0v) is 11.7. The Labute approximate surface area is 120 Å². The fourth-order valence-electron chi connectivity index (χ4n) is 2.01. The molecular weight excluding hydrogens is 280 g/mol. The highest BCUT2D eigenvalue weighted by Crippen LogP contribution is 2.19. The van der Waals surface area contributed by atoms with E-state index in [1.54, 1.807) is 31.1 Å². The van der Waals surface area contributed by atoms with Crippen LogP contribution in [0.2, 0.25) is 5.02 Å². The maximum Gasteiger partial charge on any atom is 0.295 e. The number of aromatic nitrogens is 3. The molecule has 20 heavy (non-hydrogen) atoms. The van der Waals surface area contributed by atoms with Crippen molar-refractivity contribution in [3.05, 3.63) is 50.9 Å². The fraction of sp³-hybridized carbons (Fsp3) is 0.250. The monoisotopic (exact) mass is 292 g/mol. The first-order valence-corrected chi connectivity index (χ1v) is 6.42. The van der Waals surface area contributed by atoms with Crippen molar-refractivity contribution in [3.63, 3.8) is 0 Å². The van der Waals surface area contributed by atoms with E-state index in [4.69, 9.17) is 11.6 Å². The highest BCUT2D eigenvalue weighted by molar-refractivity contribution is 6.30. The molecule has 0 fully saturated rings. The molecule has 0 amide bonds. The van der Waals surface area contributed by atoms with Gasteiger partial charge in [-0.05, 0) is 24.6 Å². The van der Waals surface area contributed by atoms with Crippen molar-refractivity contribution in [2.24, 2.45) is 0 Å². The Kier molecular flexibility index (Phi) is 3.07. The van der Waals surface area contributed by atoms with Crippen molar-refractivity contribution >= 4 is 17.5 Å². The Balaban J connectivity index is 2.01. The smallest absolute Gasteiger partial charge is 0.295 e. The molecular formula is C12H13ClN6O. The molecule has 7 nitrogen and oxygen atoms in total. The second-order valence-electron chi connectivity index (χ2n) is 4.53. The molecule has 0 spiro atoms. The number of nitrogens with one attached hydrogen (secondary N) is 2. The number of nitrogens with zero attached hydrogens (tertiary/aromatic N) is 4. The summed E-state index contributed by atoms with van der Waals surface area (Å²) in [4.78, 5) is 12.1. The molecule has 1 atom stereocenters. The number of aryl methyl sites for hydroxylation is 1. The maximum absolute atomic E-state index is 12.1. The van der Waals surface area contributed by atoms with E-state index >= 15 is 0 Å². The van der Waals surface area contributed by atoms with E-state index in [0.717, 1.165) is 5.56 Å². The number of halogens is 1. The largest absolute Gasteiger partial charge is 0.297 e. The lowest BCUT2D eigenvalue weighted by Gasteiger charge is -2.35. The van der Waals surface area contributed by atoms with E-state index in [1.807, 2.05) is 12.1 Å². The molecule has 1 aliphatic heterocycles. The van der Waals surface area contributed by atoms with Crippen molar-refractivity contribution < 1.29 is 0 Å². The van der Waals surface area contributed by atoms with Crippen LogP contribution in [0.4, 0.5) is 5.95 Å². The lowest BCUT2D eigenvalue weighted by molar-refractivity contribution is 0.461. The van der Waals surface area contributed by atoms with Gasteiger partial charge in [0.1, 0.15) is 11.9 Å². The summed E-state index contributed by atoms with van der Waals surface area (Å²) in [6.45, 7) is 1.63. The van der Waals surface area contributed by atoms with Crippen LogP contribution in [0, 0.1) is 6.92 Å². The van der Waals surface area contributed by atoms with Crippen LogP contribution in [0.5, 0.6) is 0 Å². The standard InChI is InChI=1S/C12H13ClN6O/c1-7-11(20)19-12(15-14-7)18(2)16-10(17-19)8-3-5-9(13)6-4-8/h3-6,10,16-17H,1-2H3. The molecule has 0 aliphatic carbocycles. The van der Waals surface area contributed by atoms with Gasteiger partial charge in [0.15, 0.2) is 0 Å². The van der Waals surface area contributed by atoms with Gasteiger partial charge in [-0.15, -0.1) is 10.2 Å². The molecule has 1 aromatic carbocycles. The Bertz CT molecular complexity index is 698. The second-order valence-corrected chi connectivity index (χ2v) is 4.96. The summed E-state index contributed by atoms with van der Waals surface area (Å²) in [5.74, 6) is 0.408. The Morgan fingerprint density at radius 1 is 1.20 bits per heavy atom. The van der Waals surface area contributed by atoms with Crippen LogP contribution in [-0.2, 0) is 0 Å². The summed E-state index contributed by atoms with van der Waals surface area (Å²) >= 11 is 5.88. The predicted octanol–water partition coefficient (Wildman–Crippen LogP) is 0.797. The van der Waals surface area contributed by atoms with Gasteiger partial charge < -0.3 is 0 Å². The van der Waals surface area contributed by atoms with Crippen molar-refractivity contribution in [1.29, 1.82) is 0 Å². The Morgan fingerprint density at radius 2 is 1.90 bits per heavy atom. The summed E-state index contributed by atoms with van der Waals surface area (Å²) in [5, 5.41) is 10.1. The van der Waals surface area contributed by atoms with Crippen LogP contribution in [0.3, 0.4) is 0 Å². The molecule has 2 heterocycles. The van der Waals surface area contributed by atoms with E-state index in [-0.39, 0.29) is 11.7 Å². The number of anilines is 1. The fourth-order valence-corrected chi connectivity index (χ4v) is 2.13. The van der Waals surface area contributed by atoms with E-state index < -0.39 is 0 Å². The summed E-state index contributed by atoms with van der Waals surface area (Å²) < 4.78 is 1.39. The van der Waals surface area contributed by atoms with Gasteiger partial charge in [-0.2, -0.15) is 4.68 Å².